The third-order valence-electron chi connectivity index (χ3n) is 2.73. The molecular formula is C15H16FNOS. The van der Waals surface area contributed by atoms with Crippen LogP contribution in [0.4, 0.5) is 4.39 Å². The summed E-state index contributed by atoms with van der Waals surface area (Å²) in [6.07, 6.45) is -0.659. The Morgan fingerprint density at radius 3 is 2.53 bits per heavy atom. The van der Waals surface area contributed by atoms with Gasteiger partial charge in [-0.15, -0.1) is 0 Å². The van der Waals surface area contributed by atoms with Crippen LogP contribution in [0.3, 0.4) is 0 Å². The van der Waals surface area contributed by atoms with Gasteiger partial charge in [0.1, 0.15) is 10.8 Å². The molecule has 0 amide bonds. The number of hydrogen-bond donors (Lipinski definition) is 1. The van der Waals surface area contributed by atoms with Crippen molar-refractivity contribution in [3.05, 3.63) is 53.0 Å². The molecule has 2 aromatic rings. The summed E-state index contributed by atoms with van der Waals surface area (Å²) >= 11 is 1.30. The monoisotopic (exact) mass is 277 g/mol. The normalized spacial score (nSPS) is 12.5. The van der Waals surface area contributed by atoms with Crippen LogP contribution in [0.25, 0.3) is 0 Å². The number of benzene rings is 1. The maximum absolute atomic E-state index is 13.9. The Morgan fingerprint density at radius 2 is 1.95 bits per heavy atom. The molecule has 0 spiro atoms. The topological polar surface area (TPSA) is 33.1 Å². The average molecular weight is 277 g/mol. The fourth-order valence-corrected chi connectivity index (χ4v) is 2.78. The highest BCUT2D eigenvalue weighted by Gasteiger charge is 2.09. The van der Waals surface area contributed by atoms with Crippen LogP contribution in [-0.4, -0.2) is 10.1 Å². The largest absolute Gasteiger partial charge is 0.389 e. The average Bonchev–Trinajstić information content (AvgIpc) is 2.30. The minimum Gasteiger partial charge on any atom is -0.389 e. The summed E-state index contributed by atoms with van der Waals surface area (Å²) in [5, 5.41) is 10.2. The number of aliphatic hydroxyl groups excluding tert-OH is 1. The number of aryl methyl sites for hydroxylation is 2. The van der Waals surface area contributed by atoms with Crippen molar-refractivity contribution in [1.29, 1.82) is 0 Å². The molecule has 2 nitrogen and oxygen atoms in total. The molecule has 100 valence electrons. The molecule has 0 saturated heterocycles. The van der Waals surface area contributed by atoms with Gasteiger partial charge in [0.15, 0.2) is 0 Å². The Kier molecular flexibility index (Phi) is 4.22. The molecule has 2 rings (SSSR count). The lowest BCUT2D eigenvalue weighted by molar-refractivity contribution is 0.198. The first kappa shape index (κ1) is 14.0. The Hall–Kier alpha value is -1.39. The minimum atomic E-state index is -0.659. The van der Waals surface area contributed by atoms with E-state index in [1.54, 1.807) is 19.1 Å². The molecule has 1 heterocycles. The van der Waals surface area contributed by atoms with Gasteiger partial charge in [-0.05, 0) is 56.2 Å². The summed E-state index contributed by atoms with van der Waals surface area (Å²) < 4.78 is 13.9. The molecule has 0 bridgehead atoms. The number of halogens is 1. The number of hydrogen-bond acceptors (Lipinski definition) is 3. The zero-order valence-electron chi connectivity index (χ0n) is 11.1. The van der Waals surface area contributed by atoms with Gasteiger partial charge in [0.2, 0.25) is 0 Å². The Labute approximate surface area is 116 Å². The van der Waals surface area contributed by atoms with Crippen molar-refractivity contribution in [3.63, 3.8) is 0 Å². The number of aliphatic hydroxyl groups is 1. The molecule has 1 aromatic heterocycles. The molecule has 4 heteroatoms. The molecule has 0 aliphatic rings. The van der Waals surface area contributed by atoms with E-state index in [4.69, 9.17) is 0 Å². The molecule has 19 heavy (non-hydrogen) atoms. The second kappa shape index (κ2) is 5.72. The standard InChI is InChI=1S/C15H16FNOS/c1-9-6-10(2)17-15(7-9)19-14-5-4-12(11(3)18)8-13(14)16/h4-8,11,18H,1-3H3/t11-/m0/s1. The van der Waals surface area contributed by atoms with E-state index in [2.05, 4.69) is 4.98 Å². The van der Waals surface area contributed by atoms with E-state index in [1.165, 1.54) is 17.8 Å². The Bertz CT molecular complexity index is 578. The third-order valence-corrected chi connectivity index (χ3v) is 3.70. The van der Waals surface area contributed by atoms with Crippen molar-refractivity contribution in [2.24, 2.45) is 0 Å². The van der Waals surface area contributed by atoms with Crippen LogP contribution in [-0.2, 0) is 0 Å². The van der Waals surface area contributed by atoms with Gasteiger partial charge in [0.05, 0.1) is 6.10 Å². The van der Waals surface area contributed by atoms with E-state index < -0.39 is 6.10 Å². The number of pyridine rings is 1. The number of aromatic nitrogens is 1. The SMILES string of the molecule is Cc1cc(C)nc(Sc2ccc([C@H](C)O)cc2F)c1. The highest BCUT2D eigenvalue weighted by molar-refractivity contribution is 7.99. The lowest BCUT2D eigenvalue weighted by Crippen LogP contribution is -1.93. The van der Waals surface area contributed by atoms with Crippen molar-refractivity contribution in [2.75, 3.05) is 0 Å². The maximum Gasteiger partial charge on any atom is 0.137 e. The van der Waals surface area contributed by atoms with Gasteiger partial charge >= 0.3 is 0 Å². The number of nitrogens with zero attached hydrogens (tertiary/aromatic N) is 1. The molecule has 1 aromatic carbocycles. The summed E-state index contributed by atoms with van der Waals surface area (Å²) in [6.45, 7) is 5.53. The molecule has 0 radical (unpaired) electrons. The zero-order valence-corrected chi connectivity index (χ0v) is 12.0. The van der Waals surface area contributed by atoms with E-state index in [0.29, 0.717) is 10.5 Å². The van der Waals surface area contributed by atoms with Crippen molar-refractivity contribution in [3.8, 4) is 0 Å². The molecule has 1 atom stereocenters. The molecule has 0 aliphatic carbocycles. The van der Waals surface area contributed by atoms with Crippen LogP contribution in [0.15, 0.2) is 40.3 Å². The predicted molar refractivity (Wildman–Crippen MR) is 74.9 cm³/mol. The smallest absolute Gasteiger partial charge is 0.137 e. The predicted octanol–water partition coefficient (Wildman–Crippen LogP) is 4.04. The van der Waals surface area contributed by atoms with Crippen LogP contribution in [0.5, 0.6) is 0 Å². The summed E-state index contributed by atoms with van der Waals surface area (Å²) in [7, 11) is 0. The van der Waals surface area contributed by atoms with Gasteiger partial charge in [-0.25, -0.2) is 9.37 Å². The van der Waals surface area contributed by atoms with Crippen LogP contribution in [0.1, 0.15) is 29.8 Å². The summed E-state index contributed by atoms with van der Waals surface area (Å²) in [4.78, 5) is 4.89. The Balaban J connectivity index is 2.28. The van der Waals surface area contributed by atoms with Gasteiger partial charge in [-0.1, -0.05) is 17.8 Å². The molecule has 0 aliphatic heterocycles. The van der Waals surface area contributed by atoms with Gasteiger partial charge < -0.3 is 5.11 Å². The van der Waals surface area contributed by atoms with Crippen molar-refractivity contribution in [1.82, 2.24) is 4.98 Å². The molecular weight excluding hydrogens is 261 g/mol. The second-order valence-corrected chi connectivity index (χ2v) is 5.65. The van der Waals surface area contributed by atoms with Gasteiger partial charge in [-0.3, -0.25) is 0 Å². The summed E-state index contributed by atoms with van der Waals surface area (Å²) in [5.41, 5.74) is 2.61. The third kappa shape index (κ3) is 3.55. The molecule has 1 N–H and O–H groups in total. The minimum absolute atomic E-state index is 0.329. The van der Waals surface area contributed by atoms with Crippen LogP contribution in [0, 0.1) is 19.7 Å². The first-order valence-electron chi connectivity index (χ1n) is 6.06. The van der Waals surface area contributed by atoms with Crippen molar-refractivity contribution >= 4 is 11.8 Å². The van der Waals surface area contributed by atoms with Crippen molar-refractivity contribution < 1.29 is 9.50 Å². The fraction of sp³-hybridized carbons (Fsp3) is 0.267. The molecule has 0 saturated carbocycles. The highest BCUT2D eigenvalue weighted by atomic mass is 32.2. The van der Waals surface area contributed by atoms with Crippen LogP contribution in [0.2, 0.25) is 0 Å². The van der Waals surface area contributed by atoms with Gasteiger partial charge in [-0.2, -0.15) is 0 Å². The van der Waals surface area contributed by atoms with Crippen molar-refractivity contribution in [2.45, 2.75) is 36.8 Å². The quantitative estimate of drug-likeness (QED) is 0.919. The first-order chi connectivity index (χ1) is 8.95. The lowest BCUT2D eigenvalue weighted by Gasteiger charge is -2.08. The zero-order chi connectivity index (χ0) is 14.0. The van der Waals surface area contributed by atoms with E-state index in [0.717, 1.165) is 16.3 Å². The Morgan fingerprint density at radius 1 is 1.21 bits per heavy atom. The first-order valence-corrected chi connectivity index (χ1v) is 6.88. The van der Waals surface area contributed by atoms with E-state index in [9.17, 15) is 9.50 Å². The van der Waals surface area contributed by atoms with Crippen LogP contribution >= 0.6 is 11.8 Å². The van der Waals surface area contributed by atoms with Gasteiger partial charge in [0.25, 0.3) is 0 Å². The van der Waals surface area contributed by atoms with Gasteiger partial charge in [0, 0.05) is 10.6 Å². The highest BCUT2D eigenvalue weighted by Crippen LogP contribution is 2.30. The van der Waals surface area contributed by atoms with E-state index in [1.807, 2.05) is 26.0 Å². The lowest BCUT2D eigenvalue weighted by atomic mass is 10.1. The fourth-order valence-electron chi connectivity index (χ4n) is 1.83. The molecule has 0 fully saturated rings. The summed E-state index contributed by atoms with van der Waals surface area (Å²) in [6, 6.07) is 8.70. The maximum atomic E-state index is 13.9. The second-order valence-electron chi connectivity index (χ2n) is 4.59. The van der Waals surface area contributed by atoms with Crippen LogP contribution < -0.4 is 0 Å². The van der Waals surface area contributed by atoms with E-state index in [-0.39, 0.29) is 5.82 Å². The van der Waals surface area contributed by atoms with E-state index >= 15 is 0 Å². The number of rotatable bonds is 3. The molecule has 0 unspecified atom stereocenters. The summed E-state index contributed by atoms with van der Waals surface area (Å²) in [5.74, 6) is -0.329.